The van der Waals surface area contributed by atoms with Crippen LogP contribution in [-0.2, 0) is 4.74 Å². The van der Waals surface area contributed by atoms with E-state index in [1.807, 2.05) is 0 Å². The van der Waals surface area contributed by atoms with E-state index >= 15 is 0 Å². The average Bonchev–Trinajstić information content (AvgIpc) is 2.57. The van der Waals surface area contributed by atoms with Crippen LogP contribution < -0.4 is 11.1 Å². The number of carboxylic acids is 1. The van der Waals surface area contributed by atoms with Crippen LogP contribution in [0.3, 0.4) is 0 Å². The van der Waals surface area contributed by atoms with Gasteiger partial charge in [0, 0.05) is 0 Å². The number of alkyl carbamates (subject to hydrolysis) is 1. The Labute approximate surface area is 114 Å². The quantitative estimate of drug-likeness (QED) is 0.783. The van der Waals surface area contributed by atoms with Gasteiger partial charge in [0.1, 0.15) is 15.6 Å². The number of aromatic carboxylic acids is 1. The summed E-state index contributed by atoms with van der Waals surface area (Å²) in [5.41, 5.74) is 4.75. The van der Waals surface area contributed by atoms with Crippen LogP contribution in [0.5, 0.6) is 0 Å². The van der Waals surface area contributed by atoms with Gasteiger partial charge in [0.25, 0.3) is 0 Å². The molecule has 0 radical (unpaired) electrons. The van der Waals surface area contributed by atoms with Crippen molar-refractivity contribution in [1.82, 2.24) is 10.3 Å². The molecule has 0 spiro atoms. The number of carbonyl (C=O) groups is 2. The maximum absolute atomic E-state index is 11.6. The lowest BCUT2D eigenvalue weighted by molar-refractivity contribution is 0.0507. The van der Waals surface area contributed by atoms with Crippen molar-refractivity contribution in [2.24, 2.45) is 0 Å². The number of aromatic nitrogens is 1. The lowest BCUT2D eigenvalue weighted by atomic mass is 10.2. The van der Waals surface area contributed by atoms with Gasteiger partial charge in [-0.25, -0.2) is 14.6 Å². The number of carbonyl (C=O) groups excluding carboxylic acids is 1. The van der Waals surface area contributed by atoms with Crippen LogP contribution in [0.4, 0.5) is 9.80 Å². The number of carboxylic acid groups (broad SMARTS) is 1. The molecule has 1 aromatic heterocycles. The van der Waals surface area contributed by atoms with Gasteiger partial charge in [0.2, 0.25) is 0 Å². The van der Waals surface area contributed by atoms with E-state index in [2.05, 4.69) is 10.3 Å². The van der Waals surface area contributed by atoms with Crippen LogP contribution in [0.2, 0.25) is 0 Å². The topological polar surface area (TPSA) is 115 Å². The van der Waals surface area contributed by atoms with E-state index < -0.39 is 23.7 Å². The molecule has 1 aromatic rings. The molecule has 0 aliphatic rings. The Morgan fingerprint density at radius 1 is 1.47 bits per heavy atom. The zero-order valence-corrected chi connectivity index (χ0v) is 12.0. The number of nitrogens with two attached hydrogens (primary N) is 1. The Balaban J connectivity index is 2.73. The van der Waals surface area contributed by atoms with Crippen LogP contribution in [0.1, 0.15) is 49.2 Å². The molecule has 1 atom stereocenters. The van der Waals surface area contributed by atoms with Crippen molar-refractivity contribution in [3.05, 3.63) is 10.7 Å². The van der Waals surface area contributed by atoms with Gasteiger partial charge in [0.15, 0.2) is 5.69 Å². The van der Waals surface area contributed by atoms with Crippen LogP contribution >= 0.6 is 11.3 Å². The third kappa shape index (κ3) is 4.40. The molecule has 0 saturated heterocycles. The van der Waals surface area contributed by atoms with Crippen molar-refractivity contribution in [3.8, 4) is 0 Å². The van der Waals surface area contributed by atoms with Crippen molar-refractivity contribution in [3.63, 3.8) is 0 Å². The van der Waals surface area contributed by atoms with Gasteiger partial charge in [0.05, 0.1) is 6.04 Å². The SMILES string of the molecule is CC(NC(=O)OC(C)(C)C)c1nc(C(=O)O)c(N)s1. The summed E-state index contributed by atoms with van der Waals surface area (Å²) in [5, 5.41) is 11.9. The summed E-state index contributed by atoms with van der Waals surface area (Å²) in [4.78, 5) is 26.3. The third-order valence-corrected chi connectivity index (χ3v) is 3.04. The monoisotopic (exact) mass is 287 g/mol. The average molecular weight is 287 g/mol. The zero-order valence-electron chi connectivity index (χ0n) is 11.2. The van der Waals surface area contributed by atoms with E-state index in [1.165, 1.54) is 0 Å². The second kappa shape index (κ2) is 5.43. The molecular weight excluding hydrogens is 270 g/mol. The summed E-state index contributed by atoms with van der Waals surface area (Å²) in [6.07, 6.45) is -0.592. The van der Waals surface area contributed by atoms with Crippen LogP contribution in [0, 0.1) is 0 Å². The Kier molecular flexibility index (Phi) is 4.35. The maximum Gasteiger partial charge on any atom is 0.408 e. The number of hydrogen-bond donors (Lipinski definition) is 3. The number of ether oxygens (including phenoxy) is 1. The molecule has 8 heteroatoms. The number of amides is 1. The summed E-state index contributed by atoms with van der Waals surface area (Å²) < 4.78 is 5.09. The number of nitrogens with one attached hydrogen (secondary N) is 1. The first-order chi connectivity index (χ1) is 8.60. The molecule has 19 heavy (non-hydrogen) atoms. The highest BCUT2D eigenvalue weighted by Crippen LogP contribution is 2.26. The van der Waals surface area contributed by atoms with Crippen LogP contribution in [0.15, 0.2) is 0 Å². The molecule has 1 heterocycles. The van der Waals surface area contributed by atoms with E-state index in [0.29, 0.717) is 5.01 Å². The van der Waals surface area contributed by atoms with E-state index in [9.17, 15) is 9.59 Å². The molecule has 0 aliphatic heterocycles. The fourth-order valence-corrected chi connectivity index (χ4v) is 2.06. The van der Waals surface area contributed by atoms with E-state index in [0.717, 1.165) is 11.3 Å². The van der Waals surface area contributed by atoms with E-state index in [4.69, 9.17) is 15.6 Å². The van der Waals surface area contributed by atoms with Gasteiger partial charge in [-0.1, -0.05) is 11.3 Å². The fraction of sp³-hybridized carbons (Fsp3) is 0.545. The summed E-state index contributed by atoms with van der Waals surface area (Å²) in [7, 11) is 0. The van der Waals surface area contributed by atoms with E-state index in [-0.39, 0.29) is 10.7 Å². The van der Waals surface area contributed by atoms with E-state index in [1.54, 1.807) is 27.7 Å². The number of anilines is 1. The number of nitrogens with zero attached hydrogens (tertiary/aromatic N) is 1. The number of rotatable bonds is 3. The lowest BCUT2D eigenvalue weighted by Crippen LogP contribution is -2.34. The maximum atomic E-state index is 11.6. The highest BCUT2D eigenvalue weighted by molar-refractivity contribution is 7.16. The second-order valence-corrected chi connectivity index (χ2v) is 6.00. The standard InChI is InChI=1S/C11H17N3O4S/c1-5(13-10(17)18-11(2,3)4)8-14-6(9(15)16)7(12)19-8/h5H,12H2,1-4H3,(H,13,17)(H,15,16). The second-order valence-electron chi connectivity index (χ2n) is 4.94. The van der Waals surface area contributed by atoms with Gasteiger partial charge in [-0.15, -0.1) is 0 Å². The number of hydrogen-bond acceptors (Lipinski definition) is 6. The Morgan fingerprint density at radius 2 is 2.05 bits per heavy atom. The van der Waals surface area contributed by atoms with Crippen molar-refractivity contribution in [2.75, 3.05) is 5.73 Å². The van der Waals surface area contributed by atoms with Gasteiger partial charge >= 0.3 is 12.1 Å². The van der Waals surface area contributed by atoms with Crippen LogP contribution in [-0.4, -0.2) is 27.8 Å². The Hall–Kier alpha value is -1.83. The first-order valence-electron chi connectivity index (χ1n) is 5.59. The largest absolute Gasteiger partial charge is 0.476 e. The molecule has 1 amide bonds. The van der Waals surface area contributed by atoms with Crippen LogP contribution in [0.25, 0.3) is 0 Å². The molecule has 1 rings (SSSR count). The third-order valence-electron chi connectivity index (χ3n) is 1.98. The molecule has 4 N–H and O–H groups in total. The molecule has 0 fully saturated rings. The highest BCUT2D eigenvalue weighted by atomic mass is 32.1. The van der Waals surface area contributed by atoms with Gasteiger partial charge in [-0.3, -0.25) is 0 Å². The zero-order chi connectivity index (χ0) is 14.8. The summed E-state index contributed by atoms with van der Waals surface area (Å²) in [6, 6.07) is -0.477. The number of thiazole rings is 1. The fourth-order valence-electron chi connectivity index (χ4n) is 1.23. The molecule has 1 unspecified atom stereocenters. The first kappa shape index (κ1) is 15.2. The minimum absolute atomic E-state index is 0.111. The summed E-state index contributed by atoms with van der Waals surface area (Å²) >= 11 is 1.03. The normalized spacial score (nSPS) is 12.8. The Bertz CT molecular complexity index is 493. The number of nitrogen functional groups attached to an aromatic ring is 1. The first-order valence-corrected chi connectivity index (χ1v) is 6.41. The minimum Gasteiger partial charge on any atom is -0.476 e. The summed E-state index contributed by atoms with van der Waals surface area (Å²) in [5.74, 6) is -1.19. The highest BCUT2D eigenvalue weighted by Gasteiger charge is 2.22. The lowest BCUT2D eigenvalue weighted by Gasteiger charge is -2.21. The van der Waals surface area contributed by atoms with Crippen molar-refractivity contribution < 1.29 is 19.4 Å². The molecular formula is C11H17N3O4S. The molecule has 106 valence electrons. The smallest absolute Gasteiger partial charge is 0.408 e. The Morgan fingerprint density at radius 3 is 2.47 bits per heavy atom. The molecule has 0 saturated carbocycles. The van der Waals surface area contributed by atoms with Crippen molar-refractivity contribution in [1.29, 1.82) is 0 Å². The van der Waals surface area contributed by atoms with Crippen molar-refractivity contribution >= 4 is 28.4 Å². The summed E-state index contributed by atoms with van der Waals surface area (Å²) in [6.45, 7) is 6.93. The van der Waals surface area contributed by atoms with Gasteiger partial charge < -0.3 is 20.9 Å². The molecule has 7 nitrogen and oxygen atoms in total. The van der Waals surface area contributed by atoms with Gasteiger partial charge in [-0.05, 0) is 27.7 Å². The predicted octanol–water partition coefficient (Wildman–Crippen LogP) is 2.01. The molecule has 0 aromatic carbocycles. The van der Waals surface area contributed by atoms with Gasteiger partial charge in [-0.2, -0.15) is 0 Å². The predicted molar refractivity (Wildman–Crippen MR) is 71.3 cm³/mol. The molecule has 0 aliphatic carbocycles. The van der Waals surface area contributed by atoms with Crippen molar-refractivity contribution in [2.45, 2.75) is 39.3 Å². The minimum atomic E-state index is -1.19. The molecule has 0 bridgehead atoms.